The van der Waals surface area contributed by atoms with Crippen molar-refractivity contribution in [3.8, 4) is 0 Å². The van der Waals surface area contributed by atoms with Crippen molar-refractivity contribution >= 4 is 13.7 Å². The number of likely N-dealkylation sites (N-methyl/N-ethyl adjacent to an activating group) is 1. The summed E-state index contributed by atoms with van der Waals surface area (Å²) in [6, 6.07) is -0.911. The SMILES string of the molecule is CC/C=C\C/C=C\C/C=C\C/C=C\CCCCCCCCCCCCCCCCCCCCCCCCCCCCC(=O)NC(COP(=O)([O-])OCC[N+](C)(C)C)C(O)/C=C/CC/C=C/CC/C=C/CCCCCCCCC. The lowest BCUT2D eigenvalue weighted by Crippen LogP contribution is -2.45. The summed E-state index contributed by atoms with van der Waals surface area (Å²) >= 11 is 0. The quantitative estimate of drug-likeness (QED) is 0.0272. The number of quaternary nitrogens is 1. The molecule has 0 bridgehead atoms. The first-order valence-corrected chi connectivity index (χ1v) is 34.4. The van der Waals surface area contributed by atoms with Crippen LogP contribution in [0.2, 0.25) is 0 Å². The first-order chi connectivity index (χ1) is 38.0. The van der Waals surface area contributed by atoms with Gasteiger partial charge < -0.3 is 28.8 Å². The molecule has 0 aromatic heterocycles. The van der Waals surface area contributed by atoms with Crippen molar-refractivity contribution in [3.05, 3.63) is 85.1 Å². The van der Waals surface area contributed by atoms with Gasteiger partial charge in [-0.3, -0.25) is 9.36 Å². The number of phosphoric ester groups is 1. The normalized spacial score (nSPS) is 14.3. The van der Waals surface area contributed by atoms with Gasteiger partial charge in [0, 0.05) is 6.42 Å². The highest BCUT2D eigenvalue weighted by Crippen LogP contribution is 2.38. The molecule has 0 radical (unpaired) electrons. The first kappa shape index (κ1) is 75.7. The molecule has 78 heavy (non-hydrogen) atoms. The van der Waals surface area contributed by atoms with Crippen molar-refractivity contribution in [3.63, 3.8) is 0 Å². The maximum atomic E-state index is 13.0. The monoisotopic (exact) mass is 1110 g/mol. The summed E-state index contributed by atoms with van der Waals surface area (Å²) in [6.45, 7) is 4.52. The van der Waals surface area contributed by atoms with Crippen LogP contribution >= 0.6 is 7.82 Å². The maximum Gasteiger partial charge on any atom is 0.268 e. The third-order valence-corrected chi connectivity index (χ3v) is 15.5. The molecule has 0 aromatic rings. The number of carbonyl (C=O) groups excluding carboxylic acids is 1. The predicted octanol–water partition coefficient (Wildman–Crippen LogP) is 20.1. The van der Waals surface area contributed by atoms with Crippen LogP contribution in [0.1, 0.15) is 296 Å². The third kappa shape index (κ3) is 61.3. The van der Waals surface area contributed by atoms with E-state index in [1.165, 1.54) is 205 Å². The van der Waals surface area contributed by atoms with Crippen LogP contribution in [0.5, 0.6) is 0 Å². The number of hydrogen-bond acceptors (Lipinski definition) is 6. The minimum Gasteiger partial charge on any atom is -0.756 e. The van der Waals surface area contributed by atoms with E-state index in [0.29, 0.717) is 17.4 Å². The van der Waals surface area contributed by atoms with E-state index < -0.39 is 26.6 Å². The molecular formula is C69H127N2O6P. The number of phosphoric acid groups is 1. The lowest BCUT2D eigenvalue weighted by molar-refractivity contribution is -0.870. The van der Waals surface area contributed by atoms with E-state index in [1.807, 2.05) is 27.2 Å². The Morgan fingerprint density at radius 2 is 0.795 bits per heavy atom. The Balaban J connectivity index is 3.97. The standard InChI is InChI=1S/C69H127N2O6P/c1-6-8-10-12-14-16-18-20-22-24-25-26-27-28-29-30-31-32-33-34-35-36-37-38-39-40-41-42-43-44-45-47-49-51-53-55-57-59-61-63-69(73)70-67(66-77-78(74,75)76-65-64-71(3,4)5)68(72)62-60-58-56-54-52-50-48-46-23-21-19-17-15-13-11-9-7-2/h8,10,14,16,20,22-23,25-26,46,52,54,60,62,67-68,72H,6-7,9,11-13,15,17-19,21,24,27-45,47-51,53,55-59,61,63-66H2,1-5H3,(H-,70,73,74,75)/b10-8-,16-14-,22-20-,26-25-,46-23+,54-52+,62-60+. The molecule has 0 aliphatic rings. The van der Waals surface area contributed by atoms with E-state index in [4.69, 9.17) is 9.05 Å². The molecule has 8 nitrogen and oxygen atoms in total. The number of nitrogens with one attached hydrogen (secondary N) is 1. The zero-order valence-electron chi connectivity index (χ0n) is 51.9. The van der Waals surface area contributed by atoms with Crippen molar-refractivity contribution in [2.24, 2.45) is 0 Å². The second-order valence-electron chi connectivity index (χ2n) is 23.4. The molecular weight excluding hydrogens is 984 g/mol. The number of unbranched alkanes of at least 4 members (excludes halogenated alkanes) is 35. The molecule has 9 heteroatoms. The van der Waals surface area contributed by atoms with E-state index in [2.05, 4.69) is 92.1 Å². The van der Waals surface area contributed by atoms with E-state index in [0.717, 1.165) is 70.6 Å². The molecule has 0 spiro atoms. The Morgan fingerprint density at radius 1 is 0.462 bits per heavy atom. The number of nitrogens with zero attached hydrogens (tertiary/aromatic N) is 1. The minimum absolute atomic E-state index is 0.00964. The lowest BCUT2D eigenvalue weighted by Gasteiger charge is -2.29. The number of aliphatic hydroxyl groups is 1. The number of allylic oxidation sites excluding steroid dienone is 13. The molecule has 0 saturated carbocycles. The van der Waals surface area contributed by atoms with Gasteiger partial charge in [0.2, 0.25) is 5.91 Å². The molecule has 0 fully saturated rings. The van der Waals surface area contributed by atoms with E-state index in [-0.39, 0.29) is 12.5 Å². The Labute approximate surface area is 484 Å². The van der Waals surface area contributed by atoms with Gasteiger partial charge in [0.05, 0.1) is 39.9 Å². The van der Waals surface area contributed by atoms with Crippen molar-refractivity contribution in [1.29, 1.82) is 0 Å². The highest BCUT2D eigenvalue weighted by atomic mass is 31.2. The van der Waals surface area contributed by atoms with Gasteiger partial charge in [-0.05, 0) is 83.5 Å². The highest BCUT2D eigenvalue weighted by Gasteiger charge is 2.23. The molecule has 0 aliphatic carbocycles. The summed E-state index contributed by atoms with van der Waals surface area (Å²) < 4.78 is 23.4. The van der Waals surface area contributed by atoms with Gasteiger partial charge in [-0.1, -0.05) is 292 Å². The van der Waals surface area contributed by atoms with Crippen LogP contribution in [-0.4, -0.2) is 68.5 Å². The molecule has 454 valence electrons. The highest BCUT2D eigenvalue weighted by molar-refractivity contribution is 7.45. The third-order valence-electron chi connectivity index (χ3n) is 14.6. The zero-order valence-corrected chi connectivity index (χ0v) is 52.7. The second kappa shape index (κ2) is 59.3. The molecule has 0 saturated heterocycles. The number of amides is 1. The van der Waals surface area contributed by atoms with E-state index >= 15 is 0 Å². The van der Waals surface area contributed by atoms with Gasteiger partial charge in [0.1, 0.15) is 13.2 Å². The molecule has 0 heterocycles. The fraction of sp³-hybridized carbons (Fsp3) is 0.783. The molecule has 2 N–H and O–H groups in total. The molecule has 3 atom stereocenters. The topological polar surface area (TPSA) is 108 Å². The van der Waals surface area contributed by atoms with Crippen molar-refractivity contribution in [2.75, 3.05) is 40.9 Å². The van der Waals surface area contributed by atoms with Crippen LogP contribution in [0.3, 0.4) is 0 Å². The summed E-state index contributed by atoms with van der Waals surface area (Å²) in [6.07, 6.45) is 84.2. The lowest BCUT2D eigenvalue weighted by atomic mass is 10.0. The van der Waals surface area contributed by atoms with Crippen molar-refractivity contribution in [1.82, 2.24) is 5.32 Å². The van der Waals surface area contributed by atoms with Gasteiger partial charge in [-0.25, -0.2) is 0 Å². The number of carbonyl (C=O) groups is 1. The van der Waals surface area contributed by atoms with Gasteiger partial charge in [-0.2, -0.15) is 0 Å². The fourth-order valence-corrected chi connectivity index (χ4v) is 10.2. The Bertz CT molecular complexity index is 1550. The summed E-state index contributed by atoms with van der Waals surface area (Å²) in [5, 5.41) is 13.9. The summed E-state index contributed by atoms with van der Waals surface area (Å²) in [5.74, 6) is -0.208. The first-order valence-electron chi connectivity index (χ1n) is 32.9. The number of aliphatic hydroxyl groups excluding tert-OH is 1. The Hall–Kier alpha value is -2.32. The van der Waals surface area contributed by atoms with Crippen LogP contribution in [0, 0.1) is 0 Å². The molecule has 0 aromatic carbocycles. The predicted molar refractivity (Wildman–Crippen MR) is 339 cm³/mol. The average Bonchev–Trinajstić information content (AvgIpc) is 3.40. The summed E-state index contributed by atoms with van der Waals surface area (Å²) in [4.78, 5) is 25.5. The number of rotatable bonds is 60. The van der Waals surface area contributed by atoms with Crippen LogP contribution in [0.15, 0.2) is 85.1 Å². The zero-order chi connectivity index (χ0) is 57.0. The van der Waals surface area contributed by atoms with E-state index in [9.17, 15) is 19.4 Å². The van der Waals surface area contributed by atoms with Crippen LogP contribution in [-0.2, 0) is 18.4 Å². The molecule has 3 unspecified atom stereocenters. The summed E-state index contributed by atoms with van der Waals surface area (Å²) in [7, 11) is 1.24. The van der Waals surface area contributed by atoms with Gasteiger partial charge in [-0.15, -0.1) is 0 Å². The molecule has 0 rings (SSSR count). The van der Waals surface area contributed by atoms with Crippen molar-refractivity contribution in [2.45, 2.75) is 309 Å². The van der Waals surface area contributed by atoms with Crippen LogP contribution in [0.25, 0.3) is 0 Å². The fourth-order valence-electron chi connectivity index (χ4n) is 9.47. The second-order valence-corrected chi connectivity index (χ2v) is 24.8. The van der Waals surface area contributed by atoms with Gasteiger partial charge >= 0.3 is 0 Å². The Morgan fingerprint density at radius 3 is 1.19 bits per heavy atom. The van der Waals surface area contributed by atoms with Gasteiger partial charge in [0.25, 0.3) is 7.82 Å². The smallest absolute Gasteiger partial charge is 0.268 e. The van der Waals surface area contributed by atoms with E-state index in [1.54, 1.807) is 6.08 Å². The minimum atomic E-state index is -4.61. The van der Waals surface area contributed by atoms with Crippen LogP contribution < -0.4 is 10.2 Å². The molecule has 0 aliphatic heterocycles. The average molecular weight is 1110 g/mol. The molecule has 1 amide bonds. The number of hydrogen-bond donors (Lipinski definition) is 2. The largest absolute Gasteiger partial charge is 0.756 e. The van der Waals surface area contributed by atoms with Crippen LogP contribution in [0.4, 0.5) is 0 Å². The Kier molecular flexibility index (Phi) is 57.5. The summed E-state index contributed by atoms with van der Waals surface area (Å²) in [5.41, 5.74) is 0. The maximum absolute atomic E-state index is 13.0. The van der Waals surface area contributed by atoms with Crippen molar-refractivity contribution < 1.29 is 32.9 Å². The van der Waals surface area contributed by atoms with Gasteiger partial charge in [0.15, 0.2) is 0 Å².